The number of hydrogen-bond acceptors (Lipinski definition) is 5. The van der Waals surface area contributed by atoms with Crippen molar-refractivity contribution in [3.8, 4) is 11.5 Å². The van der Waals surface area contributed by atoms with E-state index in [0.717, 1.165) is 16.5 Å². The second kappa shape index (κ2) is 8.87. The van der Waals surface area contributed by atoms with Crippen molar-refractivity contribution in [1.29, 1.82) is 0 Å². The Morgan fingerprint density at radius 1 is 1.40 bits per heavy atom. The van der Waals surface area contributed by atoms with Crippen molar-refractivity contribution in [3.63, 3.8) is 0 Å². The number of ether oxygens (including phenoxy) is 2. The molecule has 0 fully saturated rings. The molecule has 0 saturated carbocycles. The third-order valence-corrected chi connectivity index (χ3v) is 5.67. The molecule has 1 aromatic carbocycles. The lowest BCUT2D eigenvalue weighted by Gasteiger charge is -2.12. The van der Waals surface area contributed by atoms with Crippen LogP contribution in [0.25, 0.3) is 10.1 Å². The number of carbonyl (C=O) groups excluding carboxylic acids is 1. The lowest BCUT2D eigenvalue weighted by atomic mass is 10.0. The Morgan fingerprint density at radius 2 is 2.12 bits per heavy atom. The van der Waals surface area contributed by atoms with Gasteiger partial charge in [0.05, 0.1) is 29.5 Å². The predicted octanol–water partition coefficient (Wildman–Crippen LogP) is 5.02. The van der Waals surface area contributed by atoms with Gasteiger partial charge in [-0.3, -0.25) is 9.59 Å². The Bertz CT molecular complexity index is 789. The fourth-order valence-corrected chi connectivity index (χ4v) is 3.85. The Kier molecular flexibility index (Phi) is 7.10. The lowest BCUT2D eigenvalue weighted by Crippen LogP contribution is -2.13. The molecular formula is C17H18BrClO5S. The number of carbonyl (C=O) groups is 2. The number of ketones is 1. The number of hydrogen-bond donors (Lipinski definition) is 1. The summed E-state index contributed by atoms with van der Waals surface area (Å²) < 4.78 is 11.9. The minimum absolute atomic E-state index is 0.0501. The van der Waals surface area contributed by atoms with Crippen molar-refractivity contribution < 1.29 is 24.2 Å². The highest BCUT2D eigenvalue weighted by Gasteiger charge is 2.21. The van der Waals surface area contributed by atoms with E-state index in [9.17, 15) is 9.59 Å². The summed E-state index contributed by atoms with van der Waals surface area (Å²) in [5.41, 5.74) is 0. The van der Waals surface area contributed by atoms with E-state index < -0.39 is 11.9 Å². The van der Waals surface area contributed by atoms with E-state index in [0.29, 0.717) is 33.4 Å². The van der Waals surface area contributed by atoms with Crippen LogP contribution in [0, 0.1) is 5.92 Å². The maximum absolute atomic E-state index is 12.3. The molecule has 136 valence electrons. The number of Topliss-reactive ketones (excluding diaryl/α,β-unsaturated/α-hetero) is 1. The van der Waals surface area contributed by atoms with Gasteiger partial charge in [0.15, 0.2) is 17.3 Å². The second-order valence-electron chi connectivity index (χ2n) is 5.50. The Balaban J connectivity index is 2.37. The van der Waals surface area contributed by atoms with Crippen molar-refractivity contribution in [1.82, 2.24) is 0 Å². The molecule has 0 spiro atoms. The molecule has 1 heterocycles. The lowest BCUT2D eigenvalue weighted by molar-refractivity contribution is -0.141. The van der Waals surface area contributed by atoms with Gasteiger partial charge in [0.1, 0.15) is 0 Å². The molecule has 25 heavy (non-hydrogen) atoms. The summed E-state index contributed by atoms with van der Waals surface area (Å²) in [5.74, 6) is -0.976. The molecule has 0 aliphatic carbocycles. The topological polar surface area (TPSA) is 72.8 Å². The van der Waals surface area contributed by atoms with Crippen LogP contribution >= 0.6 is 38.9 Å². The van der Waals surface area contributed by atoms with Gasteiger partial charge in [-0.2, -0.15) is 0 Å². The first-order chi connectivity index (χ1) is 11.9. The highest BCUT2D eigenvalue weighted by Crippen LogP contribution is 2.44. The summed E-state index contributed by atoms with van der Waals surface area (Å²) in [7, 11) is 1.53. The predicted molar refractivity (Wildman–Crippen MR) is 103 cm³/mol. The maximum atomic E-state index is 12.3. The molecule has 8 heteroatoms. The molecule has 0 aliphatic heterocycles. The fourth-order valence-electron chi connectivity index (χ4n) is 2.22. The number of aliphatic carboxylic acids is 1. The third kappa shape index (κ3) is 4.65. The molecule has 0 bridgehead atoms. The number of methoxy groups -OCH3 is 1. The van der Waals surface area contributed by atoms with Crippen molar-refractivity contribution in [2.24, 2.45) is 5.92 Å². The third-order valence-electron chi connectivity index (χ3n) is 3.61. The molecule has 2 rings (SSSR count). The first-order valence-corrected chi connectivity index (χ1v) is 9.95. The minimum atomic E-state index is -0.989. The Hall–Kier alpha value is -1.31. The SMILES string of the molecule is COc1cc2sc(C(=O)C[C@H](C)C(=O)O)cc2c(Cl)c1OCCCBr. The number of thiophene rings is 1. The zero-order valence-electron chi connectivity index (χ0n) is 13.8. The van der Waals surface area contributed by atoms with E-state index in [-0.39, 0.29) is 12.2 Å². The molecule has 0 amide bonds. The summed E-state index contributed by atoms with van der Waals surface area (Å²) in [4.78, 5) is 23.7. The van der Waals surface area contributed by atoms with Gasteiger partial charge < -0.3 is 14.6 Å². The molecule has 1 aromatic heterocycles. The van der Waals surface area contributed by atoms with Crippen molar-refractivity contribution in [3.05, 3.63) is 22.0 Å². The largest absolute Gasteiger partial charge is 0.493 e. The van der Waals surface area contributed by atoms with Crippen molar-refractivity contribution in [2.45, 2.75) is 19.8 Å². The highest BCUT2D eigenvalue weighted by atomic mass is 79.9. The minimum Gasteiger partial charge on any atom is -0.493 e. The van der Waals surface area contributed by atoms with Crippen LogP contribution < -0.4 is 9.47 Å². The van der Waals surface area contributed by atoms with E-state index >= 15 is 0 Å². The molecule has 0 radical (unpaired) electrons. The van der Waals surface area contributed by atoms with Gasteiger partial charge in [0, 0.05) is 27.9 Å². The molecule has 0 unspecified atom stereocenters. The van der Waals surface area contributed by atoms with E-state index in [4.69, 9.17) is 26.2 Å². The van der Waals surface area contributed by atoms with E-state index in [1.165, 1.54) is 25.4 Å². The fraction of sp³-hybridized carbons (Fsp3) is 0.412. The summed E-state index contributed by atoms with van der Waals surface area (Å²) in [6.45, 7) is 2.00. The van der Waals surface area contributed by atoms with Gasteiger partial charge in [-0.15, -0.1) is 11.3 Å². The maximum Gasteiger partial charge on any atom is 0.306 e. The Labute approximate surface area is 163 Å². The molecule has 2 aromatic rings. The molecule has 1 atom stereocenters. The highest BCUT2D eigenvalue weighted by molar-refractivity contribution is 9.09. The quantitative estimate of drug-likeness (QED) is 0.330. The van der Waals surface area contributed by atoms with Crippen molar-refractivity contribution in [2.75, 3.05) is 19.0 Å². The first kappa shape index (κ1) is 20.0. The van der Waals surface area contributed by atoms with Gasteiger partial charge >= 0.3 is 5.97 Å². The number of alkyl halides is 1. The number of benzene rings is 1. The van der Waals surface area contributed by atoms with E-state index in [1.54, 1.807) is 12.1 Å². The van der Waals surface area contributed by atoms with Crippen LogP contribution in [-0.4, -0.2) is 35.9 Å². The molecule has 1 N–H and O–H groups in total. The number of halogens is 2. The molecular weight excluding hydrogens is 432 g/mol. The second-order valence-corrected chi connectivity index (χ2v) is 7.76. The summed E-state index contributed by atoms with van der Waals surface area (Å²) in [6, 6.07) is 3.47. The normalized spacial score (nSPS) is 12.2. The first-order valence-electron chi connectivity index (χ1n) is 7.63. The molecule has 0 aliphatic rings. The monoisotopic (exact) mass is 448 g/mol. The van der Waals surface area contributed by atoms with Crippen LogP contribution in [0.2, 0.25) is 5.02 Å². The van der Waals surface area contributed by atoms with Gasteiger partial charge in [0.2, 0.25) is 0 Å². The molecule has 5 nitrogen and oxygen atoms in total. The van der Waals surface area contributed by atoms with Crippen LogP contribution in [-0.2, 0) is 4.79 Å². The van der Waals surface area contributed by atoms with Gasteiger partial charge in [-0.05, 0) is 12.5 Å². The van der Waals surface area contributed by atoms with Gasteiger partial charge in [-0.25, -0.2) is 0 Å². The average Bonchev–Trinajstić information content (AvgIpc) is 3.01. The average molecular weight is 450 g/mol. The summed E-state index contributed by atoms with van der Waals surface area (Å²) in [5, 5.41) is 10.9. The van der Waals surface area contributed by atoms with E-state index in [2.05, 4.69) is 15.9 Å². The zero-order chi connectivity index (χ0) is 18.6. The van der Waals surface area contributed by atoms with Crippen LogP contribution in [0.3, 0.4) is 0 Å². The number of rotatable bonds is 9. The summed E-state index contributed by atoms with van der Waals surface area (Å²) in [6.07, 6.45) is 0.767. The molecule has 0 saturated heterocycles. The van der Waals surface area contributed by atoms with Crippen LogP contribution in [0.5, 0.6) is 11.5 Å². The smallest absolute Gasteiger partial charge is 0.306 e. The number of fused-ring (bicyclic) bond motifs is 1. The van der Waals surface area contributed by atoms with Crippen LogP contribution in [0.4, 0.5) is 0 Å². The van der Waals surface area contributed by atoms with Gasteiger partial charge in [-0.1, -0.05) is 34.5 Å². The van der Waals surface area contributed by atoms with Gasteiger partial charge in [0.25, 0.3) is 0 Å². The van der Waals surface area contributed by atoms with Crippen molar-refractivity contribution >= 4 is 60.7 Å². The zero-order valence-corrected chi connectivity index (χ0v) is 17.0. The van der Waals surface area contributed by atoms with Crippen LogP contribution in [0.15, 0.2) is 12.1 Å². The number of carboxylic acid groups (broad SMARTS) is 1. The summed E-state index contributed by atoms with van der Waals surface area (Å²) >= 11 is 11.1. The van der Waals surface area contributed by atoms with Crippen LogP contribution in [0.1, 0.15) is 29.4 Å². The Morgan fingerprint density at radius 3 is 2.72 bits per heavy atom. The van der Waals surface area contributed by atoms with E-state index in [1.807, 2.05) is 0 Å². The standard InChI is InChI=1S/C17H18BrClO5S/c1-9(17(21)22)6-11(20)14-7-10-13(25-14)8-12(23-2)16(15(10)19)24-5-3-4-18/h7-9H,3-6H2,1-2H3,(H,21,22)/t9-/m0/s1. The number of carboxylic acids is 1.